The zero-order valence-corrected chi connectivity index (χ0v) is 33.2. The van der Waals surface area contributed by atoms with Gasteiger partial charge in [-0.25, -0.2) is 15.0 Å². The van der Waals surface area contributed by atoms with Crippen molar-refractivity contribution in [3.05, 3.63) is 192 Å². The van der Waals surface area contributed by atoms with Crippen molar-refractivity contribution in [3.8, 4) is 33.9 Å². The maximum Gasteiger partial charge on any atom is 0.164 e. The summed E-state index contributed by atoms with van der Waals surface area (Å²) in [4.78, 5) is 15.4. The monoisotopic (exact) mass is 751 g/mol. The molecule has 282 valence electrons. The predicted molar refractivity (Wildman–Crippen MR) is 241 cm³/mol. The van der Waals surface area contributed by atoms with Crippen molar-refractivity contribution in [2.75, 3.05) is 0 Å². The molecule has 0 N–H and O–H groups in total. The summed E-state index contributed by atoms with van der Waals surface area (Å²) in [7, 11) is 0. The van der Waals surface area contributed by atoms with Gasteiger partial charge in [0, 0.05) is 39.5 Å². The van der Waals surface area contributed by atoms with Crippen LogP contribution in [0.4, 0.5) is 0 Å². The van der Waals surface area contributed by atoms with Crippen LogP contribution in [0, 0.1) is 5.41 Å². The van der Waals surface area contributed by atoms with Gasteiger partial charge in [0.1, 0.15) is 11.3 Å². The SMILES string of the molecule is C/C=C\C=C/C1(C)C=CC(c2nc(-c3ccccc3)nc(-c3ccc(C4=CCCc5oc6ccc(-c7ccc8c(c7)C(C)CC=C8)cc6c54)c4ccccc34)n2)=CC1. The first-order valence-electron chi connectivity index (χ1n) is 20.6. The minimum atomic E-state index is -0.0692. The van der Waals surface area contributed by atoms with E-state index in [4.69, 9.17) is 19.4 Å². The number of hydrogen-bond acceptors (Lipinski definition) is 4. The molecular weight excluding hydrogens is 707 g/mol. The van der Waals surface area contributed by atoms with Gasteiger partial charge in [-0.15, -0.1) is 0 Å². The fourth-order valence-electron chi connectivity index (χ4n) is 8.85. The third-order valence-corrected chi connectivity index (χ3v) is 12.1. The summed E-state index contributed by atoms with van der Waals surface area (Å²) in [5.74, 6) is 3.57. The Morgan fingerprint density at radius 2 is 1.47 bits per heavy atom. The van der Waals surface area contributed by atoms with E-state index in [2.05, 4.69) is 160 Å². The number of nitrogens with zero attached hydrogens (tertiary/aromatic N) is 3. The second-order valence-electron chi connectivity index (χ2n) is 16.1. The number of hydrogen-bond donors (Lipinski definition) is 0. The Hall–Kier alpha value is -6.65. The number of allylic oxidation sites excluding steroid dienone is 10. The van der Waals surface area contributed by atoms with Crippen molar-refractivity contribution in [2.45, 2.75) is 52.4 Å². The van der Waals surface area contributed by atoms with E-state index in [1.54, 1.807) is 0 Å². The summed E-state index contributed by atoms with van der Waals surface area (Å²) in [5, 5.41) is 3.42. The van der Waals surface area contributed by atoms with Crippen molar-refractivity contribution < 1.29 is 4.42 Å². The average Bonchev–Trinajstić information content (AvgIpc) is 3.65. The predicted octanol–water partition coefficient (Wildman–Crippen LogP) is 14.2. The van der Waals surface area contributed by atoms with Gasteiger partial charge >= 0.3 is 0 Å². The largest absolute Gasteiger partial charge is 0.460 e. The summed E-state index contributed by atoms with van der Waals surface area (Å²) in [6.45, 7) is 6.61. The lowest BCUT2D eigenvalue weighted by atomic mass is 9.81. The molecule has 0 saturated carbocycles. The molecule has 0 fully saturated rings. The second kappa shape index (κ2) is 14.7. The maximum atomic E-state index is 6.61. The molecule has 0 aliphatic heterocycles. The summed E-state index contributed by atoms with van der Waals surface area (Å²) in [6, 6.07) is 37.0. The Labute approximate surface area is 340 Å². The molecule has 5 aromatic carbocycles. The highest BCUT2D eigenvalue weighted by Gasteiger charge is 2.26. The Morgan fingerprint density at radius 3 is 2.29 bits per heavy atom. The molecule has 3 aliphatic carbocycles. The van der Waals surface area contributed by atoms with Crippen molar-refractivity contribution >= 4 is 39.0 Å². The molecule has 3 aliphatic rings. The lowest BCUT2D eigenvalue weighted by molar-refractivity contribution is 0.545. The van der Waals surface area contributed by atoms with Gasteiger partial charge in [-0.05, 0) is 94.5 Å². The average molecular weight is 752 g/mol. The Bertz CT molecular complexity index is 2940. The van der Waals surface area contributed by atoms with E-state index in [0.717, 1.165) is 69.9 Å². The molecule has 2 unspecified atom stereocenters. The second-order valence-corrected chi connectivity index (χ2v) is 16.1. The quantitative estimate of drug-likeness (QED) is 0.152. The lowest BCUT2D eigenvalue weighted by Gasteiger charge is -2.24. The highest BCUT2D eigenvalue weighted by molar-refractivity contribution is 6.08. The summed E-state index contributed by atoms with van der Waals surface area (Å²) in [6.07, 6.45) is 25.9. The zero-order valence-electron chi connectivity index (χ0n) is 33.2. The molecule has 2 heterocycles. The first-order chi connectivity index (χ1) is 28.4. The van der Waals surface area contributed by atoms with Crippen LogP contribution in [0.5, 0.6) is 0 Å². The summed E-state index contributed by atoms with van der Waals surface area (Å²) >= 11 is 0. The van der Waals surface area contributed by atoms with Crippen molar-refractivity contribution in [2.24, 2.45) is 5.41 Å². The maximum absolute atomic E-state index is 6.61. The van der Waals surface area contributed by atoms with Crippen molar-refractivity contribution in [1.82, 2.24) is 15.0 Å². The molecule has 0 amide bonds. The van der Waals surface area contributed by atoms with Gasteiger partial charge < -0.3 is 4.42 Å². The van der Waals surface area contributed by atoms with Crippen LogP contribution >= 0.6 is 0 Å². The molecule has 2 aromatic heterocycles. The molecule has 4 nitrogen and oxygen atoms in total. The lowest BCUT2D eigenvalue weighted by Crippen LogP contribution is -2.12. The molecule has 10 rings (SSSR count). The van der Waals surface area contributed by atoms with Gasteiger partial charge in [-0.3, -0.25) is 0 Å². The van der Waals surface area contributed by atoms with Crippen LogP contribution in [-0.2, 0) is 6.42 Å². The normalized spacial score (nSPS) is 18.8. The standard InChI is InChI=1S/C54H45N3O/c1-4-5-11-30-54(3)31-28-38(29-32-54)52-55-51(37-15-7-6-8-16-37)56-53(57-52)45-26-25-43(41-18-9-10-19-42(41)45)44-20-13-21-49-50(44)47-34-40(24-27-48(47)58-49)39-23-22-36-17-12-14-35(2)46(36)33-39/h4-12,15-20,22-31,33-35H,13-14,21,32H2,1-3H3/b5-4-,30-11-. The van der Waals surface area contributed by atoms with E-state index in [0.29, 0.717) is 23.4 Å². The molecule has 2 atom stereocenters. The number of benzene rings is 5. The van der Waals surface area contributed by atoms with Crippen LogP contribution in [-0.4, -0.2) is 15.0 Å². The number of fused-ring (bicyclic) bond motifs is 5. The van der Waals surface area contributed by atoms with E-state index in [1.165, 1.54) is 39.0 Å². The molecule has 0 radical (unpaired) electrons. The zero-order chi connectivity index (χ0) is 39.2. The Balaban J connectivity index is 1.07. The van der Waals surface area contributed by atoms with E-state index >= 15 is 0 Å². The van der Waals surface area contributed by atoms with E-state index in [9.17, 15) is 0 Å². The van der Waals surface area contributed by atoms with Gasteiger partial charge in [0.05, 0.1) is 0 Å². The molecular formula is C54H45N3O. The molecule has 0 spiro atoms. The highest BCUT2D eigenvalue weighted by Crippen LogP contribution is 2.44. The number of rotatable bonds is 7. The van der Waals surface area contributed by atoms with Gasteiger partial charge in [-0.1, -0.05) is 160 Å². The fourth-order valence-corrected chi connectivity index (χ4v) is 8.85. The molecule has 4 heteroatoms. The van der Waals surface area contributed by atoms with Gasteiger partial charge in [0.2, 0.25) is 0 Å². The molecule has 58 heavy (non-hydrogen) atoms. The third kappa shape index (κ3) is 6.49. The molecule has 7 aromatic rings. The topological polar surface area (TPSA) is 51.8 Å². The minimum absolute atomic E-state index is 0.0692. The van der Waals surface area contributed by atoms with Crippen LogP contribution in [0.1, 0.15) is 79.8 Å². The van der Waals surface area contributed by atoms with Crippen LogP contribution in [0.25, 0.3) is 72.9 Å². The first-order valence-corrected chi connectivity index (χ1v) is 20.6. The van der Waals surface area contributed by atoms with Crippen molar-refractivity contribution in [3.63, 3.8) is 0 Å². The summed E-state index contributed by atoms with van der Waals surface area (Å²) < 4.78 is 6.61. The van der Waals surface area contributed by atoms with Crippen LogP contribution in [0.15, 0.2) is 162 Å². The van der Waals surface area contributed by atoms with Crippen molar-refractivity contribution in [1.29, 1.82) is 0 Å². The van der Waals surface area contributed by atoms with E-state index < -0.39 is 0 Å². The smallest absolute Gasteiger partial charge is 0.164 e. The number of furan rings is 1. The van der Waals surface area contributed by atoms with Gasteiger partial charge in [0.15, 0.2) is 17.5 Å². The minimum Gasteiger partial charge on any atom is -0.460 e. The molecule has 0 saturated heterocycles. The van der Waals surface area contributed by atoms with Gasteiger partial charge in [0.25, 0.3) is 0 Å². The Morgan fingerprint density at radius 1 is 0.707 bits per heavy atom. The van der Waals surface area contributed by atoms with E-state index in [1.807, 2.05) is 25.1 Å². The molecule has 0 bridgehead atoms. The van der Waals surface area contributed by atoms with Crippen LogP contribution in [0.2, 0.25) is 0 Å². The van der Waals surface area contributed by atoms with Gasteiger partial charge in [-0.2, -0.15) is 0 Å². The van der Waals surface area contributed by atoms with Crippen LogP contribution < -0.4 is 0 Å². The first kappa shape index (κ1) is 35.7. The summed E-state index contributed by atoms with van der Waals surface area (Å²) in [5.41, 5.74) is 12.6. The number of aryl methyl sites for hydroxylation is 1. The van der Waals surface area contributed by atoms with E-state index in [-0.39, 0.29) is 5.41 Å². The Kier molecular flexibility index (Phi) is 9.06. The van der Waals surface area contributed by atoms with Crippen LogP contribution in [0.3, 0.4) is 0 Å². The highest BCUT2D eigenvalue weighted by atomic mass is 16.3. The number of aromatic nitrogens is 3. The fraction of sp³-hybridized carbons (Fsp3) is 0.167. The third-order valence-electron chi connectivity index (χ3n) is 12.1.